The number of para-hydroxylation sites is 1. The van der Waals surface area contributed by atoms with Crippen LogP contribution in [0.2, 0.25) is 0 Å². The van der Waals surface area contributed by atoms with E-state index in [0.29, 0.717) is 25.3 Å². The molecular weight excluding hydrogens is 326 g/mol. The molecule has 1 aromatic carbocycles. The van der Waals surface area contributed by atoms with E-state index in [-0.39, 0.29) is 24.2 Å². The highest BCUT2D eigenvalue weighted by Crippen LogP contribution is 2.27. The maximum Gasteiger partial charge on any atom is 0.227 e. The van der Waals surface area contributed by atoms with Crippen molar-refractivity contribution in [3.05, 3.63) is 29.8 Å². The standard InChI is InChI=1S/C18H25N3O2.ClH/c1-19-12-14-8-10-20(13-14)17(22)9-11-21-16-5-3-2-4-15(16)6-7-18(21)23;/h2-5,14,19H,6-13H2,1H3;1H. The summed E-state index contributed by atoms with van der Waals surface area (Å²) in [6.07, 6.45) is 2.82. The SMILES string of the molecule is CNCC1CCN(C(=O)CCN2C(=O)CCc3ccccc32)C1.Cl. The predicted molar refractivity (Wildman–Crippen MR) is 97.6 cm³/mol. The van der Waals surface area contributed by atoms with Crippen molar-refractivity contribution >= 4 is 29.9 Å². The Morgan fingerprint density at radius 1 is 1.29 bits per heavy atom. The van der Waals surface area contributed by atoms with E-state index >= 15 is 0 Å². The molecule has 0 saturated carbocycles. The number of anilines is 1. The Labute approximate surface area is 149 Å². The smallest absolute Gasteiger partial charge is 0.227 e. The highest BCUT2D eigenvalue weighted by atomic mass is 35.5. The third-order valence-corrected chi connectivity index (χ3v) is 4.87. The Morgan fingerprint density at radius 2 is 2.08 bits per heavy atom. The van der Waals surface area contributed by atoms with Crippen LogP contribution in [0.3, 0.4) is 0 Å². The van der Waals surface area contributed by atoms with Gasteiger partial charge in [0.15, 0.2) is 0 Å². The minimum Gasteiger partial charge on any atom is -0.342 e. The number of nitrogens with one attached hydrogen (secondary N) is 1. The zero-order valence-corrected chi connectivity index (χ0v) is 15.0. The van der Waals surface area contributed by atoms with Crippen LogP contribution in [0.5, 0.6) is 0 Å². The van der Waals surface area contributed by atoms with Gasteiger partial charge in [0.25, 0.3) is 0 Å². The molecule has 3 rings (SSSR count). The van der Waals surface area contributed by atoms with Gasteiger partial charge in [0.05, 0.1) is 0 Å². The van der Waals surface area contributed by atoms with Gasteiger partial charge in [-0.05, 0) is 44.0 Å². The molecule has 24 heavy (non-hydrogen) atoms. The largest absolute Gasteiger partial charge is 0.342 e. The van der Waals surface area contributed by atoms with E-state index in [1.807, 2.05) is 30.1 Å². The first kappa shape index (κ1) is 18.7. The number of fused-ring (bicyclic) bond motifs is 1. The van der Waals surface area contributed by atoms with Crippen molar-refractivity contribution in [3.63, 3.8) is 0 Å². The Balaban J connectivity index is 0.00000208. The molecule has 0 aliphatic carbocycles. The number of carbonyl (C=O) groups excluding carboxylic acids is 2. The number of benzene rings is 1. The number of hydrogen-bond donors (Lipinski definition) is 1. The van der Waals surface area contributed by atoms with Crippen LogP contribution in [0.25, 0.3) is 0 Å². The Hall–Kier alpha value is -1.59. The lowest BCUT2D eigenvalue weighted by molar-refractivity contribution is -0.130. The number of carbonyl (C=O) groups is 2. The summed E-state index contributed by atoms with van der Waals surface area (Å²) in [5, 5.41) is 3.18. The average Bonchev–Trinajstić information content (AvgIpc) is 3.03. The van der Waals surface area contributed by atoms with Crippen LogP contribution in [-0.4, -0.2) is 49.9 Å². The second kappa shape index (κ2) is 8.49. The average molecular weight is 352 g/mol. The molecule has 0 spiro atoms. The third-order valence-electron chi connectivity index (χ3n) is 4.87. The topological polar surface area (TPSA) is 52.7 Å². The van der Waals surface area contributed by atoms with E-state index in [2.05, 4.69) is 11.4 Å². The second-order valence-corrected chi connectivity index (χ2v) is 6.48. The van der Waals surface area contributed by atoms with Gasteiger partial charge in [-0.25, -0.2) is 0 Å². The fraction of sp³-hybridized carbons (Fsp3) is 0.556. The van der Waals surface area contributed by atoms with Gasteiger partial charge in [0.1, 0.15) is 0 Å². The van der Waals surface area contributed by atoms with E-state index in [9.17, 15) is 9.59 Å². The van der Waals surface area contributed by atoms with E-state index < -0.39 is 0 Å². The first-order valence-corrected chi connectivity index (χ1v) is 8.49. The van der Waals surface area contributed by atoms with Gasteiger partial charge in [-0.2, -0.15) is 0 Å². The molecule has 1 N–H and O–H groups in total. The molecule has 2 aliphatic heterocycles. The normalized spacial score (nSPS) is 19.9. The molecule has 0 radical (unpaired) electrons. The van der Waals surface area contributed by atoms with Crippen molar-refractivity contribution in [2.45, 2.75) is 25.7 Å². The summed E-state index contributed by atoms with van der Waals surface area (Å²) < 4.78 is 0. The number of hydrogen-bond acceptors (Lipinski definition) is 3. The minimum absolute atomic E-state index is 0. The molecule has 6 heteroatoms. The summed E-state index contributed by atoms with van der Waals surface area (Å²) in [6.45, 7) is 3.13. The summed E-state index contributed by atoms with van der Waals surface area (Å²) in [5.74, 6) is 0.853. The highest BCUT2D eigenvalue weighted by Gasteiger charge is 2.28. The van der Waals surface area contributed by atoms with Crippen molar-refractivity contribution in [2.75, 3.05) is 38.1 Å². The lowest BCUT2D eigenvalue weighted by Gasteiger charge is -2.29. The van der Waals surface area contributed by atoms with Crippen molar-refractivity contribution in [2.24, 2.45) is 5.92 Å². The zero-order valence-electron chi connectivity index (χ0n) is 14.2. The molecule has 5 nitrogen and oxygen atoms in total. The van der Waals surface area contributed by atoms with Crippen molar-refractivity contribution in [3.8, 4) is 0 Å². The molecule has 1 saturated heterocycles. The van der Waals surface area contributed by atoms with Crippen LogP contribution in [0.4, 0.5) is 5.69 Å². The molecule has 2 amide bonds. The molecule has 0 bridgehead atoms. The molecule has 2 aliphatic rings. The fourth-order valence-electron chi connectivity index (χ4n) is 3.62. The van der Waals surface area contributed by atoms with Gasteiger partial charge in [0.2, 0.25) is 11.8 Å². The number of nitrogens with zero attached hydrogens (tertiary/aromatic N) is 2. The van der Waals surface area contributed by atoms with Crippen LogP contribution in [-0.2, 0) is 16.0 Å². The van der Waals surface area contributed by atoms with Gasteiger partial charge in [-0.1, -0.05) is 18.2 Å². The first-order valence-electron chi connectivity index (χ1n) is 8.49. The van der Waals surface area contributed by atoms with Crippen LogP contribution in [0, 0.1) is 5.92 Å². The molecule has 1 aromatic rings. The quantitative estimate of drug-likeness (QED) is 0.880. The van der Waals surface area contributed by atoms with E-state index in [4.69, 9.17) is 0 Å². The third kappa shape index (κ3) is 4.08. The summed E-state index contributed by atoms with van der Waals surface area (Å²) in [7, 11) is 1.95. The number of rotatable bonds is 5. The van der Waals surface area contributed by atoms with Crippen LogP contribution < -0.4 is 10.2 Å². The highest BCUT2D eigenvalue weighted by molar-refractivity contribution is 5.97. The van der Waals surface area contributed by atoms with Crippen molar-refractivity contribution in [1.82, 2.24) is 10.2 Å². The molecule has 1 unspecified atom stereocenters. The lowest BCUT2D eigenvalue weighted by Crippen LogP contribution is -2.39. The van der Waals surface area contributed by atoms with Gasteiger partial charge in [-0.15, -0.1) is 12.4 Å². The number of halogens is 1. The number of aryl methyl sites for hydroxylation is 1. The predicted octanol–water partition coefficient (Wildman–Crippen LogP) is 1.85. The Bertz CT molecular complexity index is 593. The maximum atomic E-state index is 12.4. The van der Waals surface area contributed by atoms with Gasteiger partial charge in [-0.3, -0.25) is 9.59 Å². The monoisotopic (exact) mass is 351 g/mol. The van der Waals surface area contributed by atoms with E-state index in [0.717, 1.165) is 38.2 Å². The van der Waals surface area contributed by atoms with Crippen LogP contribution in [0.15, 0.2) is 24.3 Å². The summed E-state index contributed by atoms with van der Waals surface area (Å²) in [5.41, 5.74) is 2.18. The molecule has 1 atom stereocenters. The fourth-order valence-corrected chi connectivity index (χ4v) is 3.62. The first-order chi connectivity index (χ1) is 11.2. The molecule has 2 heterocycles. The maximum absolute atomic E-state index is 12.4. The lowest BCUT2D eigenvalue weighted by atomic mass is 10.0. The van der Waals surface area contributed by atoms with Crippen LogP contribution in [0.1, 0.15) is 24.8 Å². The Kier molecular flexibility index (Phi) is 6.63. The second-order valence-electron chi connectivity index (χ2n) is 6.48. The zero-order chi connectivity index (χ0) is 16.2. The van der Waals surface area contributed by atoms with Gasteiger partial charge >= 0.3 is 0 Å². The van der Waals surface area contributed by atoms with Gasteiger partial charge < -0.3 is 15.1 Å². The number of likely N-dealkylation sites (tertiary alicyclic amines) is 1. The summed E-state index contributed by atoms with van der Waals surface area (Å²) in [6, 6.07) is 8.01. The summed E-state index contributed by atoms with van der Waals surface area (Å²) in [4.78, 5) is 28.4. The van der Waals surface area contributed by atoms with Crippen molar-refractivity contribution in [1.29, 1.82) is 0 Å². The summed E-state index contributed by atoms with van der Waals surface area (Å²) >= 11 is 0. The molecular formula is C18H26ClN3O2. The minimum atomic E-state index is 0. The molecule has 132 valence electrons. The molecule has 0 aromatic heterocycles. The van der Waals surface area contributed by atoms with Gasteiger partial charge in [0, 0.05) is 38.2 Å². The van der Waals surface area contributed by atoms with Crippen molar-refractivity contribution < 1.29 is 9.59 Å². The van der Waals surface area contributed by atoms with Crippen LogP contribution >= 0.6 is 12.4 Å². The molecule has 1 fully saturated rings. The van der Waals surface area contributed by atoms with E-state index in [1.165, 1.54) is 5.56 Å². The number of amides is 2. The Morgan fingerprint density at radius 3 is 2.88 bits per heavy atom. The van der Waals surface area contributed by atoms with E-state index in [1.54, 1.807) is 4.90 Å².